The van der Waals surface area contributed by atoms with Crippen LogP contribution >= 0.6 is 0 Å². The van der Waals surface area contributed by atoms with E-state index in [0.29, 0.717) is 13.0 Å². The predicted molar refractivity (Wildman–Crippen MR) is 62.6 cm³/mol. The second kappa shape index (κ2) is 6.93. The summed E-state index contributed by atoms with van der Waals surface area (Å²) in [6, 6.07) is 0. The zero-order valence-electron chi connectivity index (χ0n) is 9.85. The molecule has 5 heteroatoms. The maximum absolute atomic E-state index is 11.2. The number of alkyl carbamates (subject to hydrolysis) is 1. The van der Waals surface area contributed by atoms with Crippen molar-refractivity contribution >= 4 is 12.1 Å². The Labute approximate surface area is 101 Å². The molecule has 1 fully saturated rings. The minimum absolute atomic E-state index is 0.0116. The molecule has 5 nitrogen and oxygen atoms in total. The number of hydrogen-bond donors (Lipinski definition) is 2. The summed E-state index contributed by atoms with van der Waals surface area (Å²) in [5.41, 5.74) is 0. The Morgan fingerprint density at radius 1 is 1.41 bits per heavy atom. The fourth-order valence-corrected chi connectivity index (χ4v) is 2.18. The quantitative estimate of drug-likeness (QED) is 0.719. The number of carbonyl (C=O) groups excluding carboxylic acids is 1. The Bertz CT molecular complexity index is 290. The molecule has 2 atom stereocenters. The van der Waals surface area contributed by atoms with Crippen LogP contribution in [0.5, 0.6) is 0 Å². The third-order valence-corrected chi connectivity index (χ3v) is 3.07. The first-order chi connectivity index (χ1) is 8.15. The topological polar surface area (TPSA) is 75.6 Å². The zero-order valence-corrected chi connectivity index (χ0v) is 9.85. The number of ether oxygens (including phenoxy) is 1. The summed E-state index contributed by atoms with van der Waals surface area (Å²) in [6.45, 7) is 3.97. The average molecular weight is 241 g/mol. The number of aliphatic carboxylic acids is 1. The molecule has 0 aromatic heterocycles. The summed E-state index contributed by atoms with van der Waals surface area (Å²) >= 11 is 0. The highest BCUT2D eigenvalue weighted by atomic mass is 16.5. The molecule has 2 N–H and O–H groups in total. The van der Waals surface area contributed by atoms with Crippen LogP contribution < -0.4 is 5.32 Å². The molecule has 1 rings (SSSR count). The minimum Gasteiger partial charge on any atom is -0.481 e. The Morgan fingerprint density at radius 2 is 2.12 bits per heavy atom. The van der Waals surface area contributed by atoms with Gasteiger partial charge in [0.15, 0.2) is 0 Å². The molecule has 1 aliphatic rings. The molecular formula is C12H19NO4. The van der Waals surface area contributed by atoms with Crippen LogP contribution in [0.2, 0.25) is 0 Å². The molecule has 0 spiro atoms. The van der Waals surface area contributed by atoms with Crippen LogP contribution in [-0.2, 0) is 9.53 Å². The van der Waals surface area contributed by atoms with Crippen LogP contribution in [0.4, 0.5) is 4.79 Å². The van der Waals surface area contributed by atoms with E-state index in [2.05, 4.69) is 11.9 Å². The Kier molecular flexibility index (Phi) is 5.52. The third-order valence-electron chi connectivity index (χ3n) is 3.07. The van der Waals surface area contributed by atoms with Crippen molar-refractivity contribution in [3.8, 4) is 0 Å². The van der Waals surface area contributed by atoms with Gasteiger partial charge in [-0.25, -0.2) is 4.79 Å². The number of carbonyl (C=O) groups is 2. The molecule has 0 heterocycles. The maximum atomic E-state index is 11.2. The zero-order chi connectivity index (χ0) is 12.7. The van der Waals surface area contributed by atoms with Crippen LogP contribution in [-0.4, -0.2) is 30.3 Å². The van der Waals surface area contributed by atoms with Gasteiger partial charge < -0.3 is 15.2 Å². The largest absolute Gasteiger partial charge is 0.481 e. The first kappa shape index (κ1) is 13.5. The number of hydrogen-bond acceptors (Lipinski definition) is 3. The summed E-state index contributed by atoms with van der Waals surface area (Å²) in [6.07, 6.45) is 4.49. The molecule has 1 amide bonds. The summed E-state index contributed by atoms with van der Waals surface area (Å²) in [5, 5.41) is 11.7. The van der Waals surface area contributed by atoms with Gasteiger partial charge in [-0.1, -0.05) is 25.5 Å². The van der Waals surface area contributed by atoms with Crippen molar-refractivity contribution in [3.63, 3.8) is 0 Å². The molecular weight excluding hydrogens is 222 g/mol. The van der Waals surface area contributed by atoms with E-state index in [4.69, 9.17) is 9.84 Å². The van der Waals surface area contributed by atoms with Crippen LogP contribution in [0, 0.1) is 11.8 Å². The lowest BCUT2D eigenvalue weighted by molar-refractivity contribution is -0.144. The molecule has 0 bridgehead atoms. The van der Waals surface area contributed by atoms with E-state index >= 15 is 0 Å². The predicted octanol–water partition coefficient (Wildman–Crippen LogP) is 1.79. The third kappa shape index (κ3) is 4.46. The van der Waals surface area contributed by atoms with E-state index in [1.165, 1.54) is 6.08 Å². The average Bonchev–Trinajstić information content (AvgIpc) is 2.34. The van der Waals surface area contributed by atoms with E-state index in [9.17, 15) is 9.59 Å². The van der Waals surface area contributed by atoms with Crippen LogP contribution in [0.1, 0.15) is 25.7 Å². The molecule has 96 valence electrons. The van der Waals surface area contributed by atoms with E-state index in [1.807, 2.05) is 0 Å². The second-order valence-electron chi connectivity index (χ2n) is 4.26. The van der Waals surface area contributed by atoms with Gasteiger partial charge in [0, 0.05) is 6.54 Å². The maximum Gasteiger partial charge on any atom is 0.407 e. The van der Waals surface area contributed by atoms with Crippen LogP contribution in [0.3, 0.4) is 0 Å². The Balaban J connectivity index is 2.35. The van der Waals surface area contributed by atoms with Gasteiger partial charge in [-0.2, -0.15) is 0 Å². The van der Waals surface area contributed by atoms with Crippen molar-refractivity contribution in [1.82, 2.24) is 5.32 Å². The fraction of sp³-hybridized carbons (Fsp3) is 0.667. The lowest BCUT2D eigenvalue weighted by atomic mass is 9.79. The highest BCUT2D eigenvalue weighted by Gasteiger charge is 2.30. The molecule has 0 saturated heterocycles. The molecule has 0 aromatic rings. The number of carboxylic acids is 1. The Hall–Kier alpha value is -1.52. The summed E-state index contributed by atoms with van der Waals surface area (Å²) < 4.78 is 4.76. The highest BCUT2D eigenvalue weighted by Crippen LogP contribution is 2.29. The number of rotatable bonds is 5. The van der Waals surface area contributed by atoms with Gasteiger partial charge in [0.25, 0.3) is 0 Å². The normalized spacial score (nSPS) is 23.8. The molecule has 0 unspecified atom stereocenters. The Morgan fingerprint density at radius 3 is 2.76 bits per heavy atom. The van der Waals surface area contributed by atoms with Crippen molar-refractivity contribution < 1.29 is 19.4 Å². The van der Waals surface area contributed by atoms with Crippen LogP contribution in [0.15, 0.2) is 12.7 Å². The molecule has 1 aliphatic carbocycles. The first-order valence-corrected chi connectivity index (χ1v) is 5.89. The molecule has 17 heavy (non-hydrogen) atoms. The van der Waals surface area contributed by atoms with Crippen molar-refractivity contribution in [2.75, 3.05) is 13.2 Å². The highest BCUT2D eigenvalue weighted by molar-refractivity contribution is 5.71. The molecule has 1 saturated carbocycles. The SMILES string of the molecule is C=CCOC(=O)NC[C@@H]1CCCC[C@@H]1C(=O)O. The fourth-order valence-electron chi connectivity index (χ4n) is 2.18. The standard InChI is InChI=1S/C12H19NO4/c1-2-7-17-12(16)13-8-9-5-3-4-6-10(9)11(14)15/h2,9-10H,1,3-8H2,(H,13,16)(H,14,15)/t9-,10-/m0/s1. The van der Waals surface area contributed by atoms with Crippen molar-refractivity contribution in [2.24, 2.45) is 11.8 Å². The molecule has 0 aromatic carbocycles. The smallest absolute Gasteiger partial charge is 0.407 e. The lowest BCUT2D eigenvalue weighted by Gasteiger charge is -2.28. The van der Waals surface area contributed by atoms with Gasteiger partial charge in [-0.3, -0.25) is 4.79 Å². The van der Waals surface area contributed by atoms with Gasteiger partial charge in [0.1, 0.15) is 6.61 Å². The van der Waals surface area contributed by atoms with Crippen molar-refractivity contribution in [3.05, 3.63) is 12.7 Å². The van der Waals surface area contributed by atoms with Gasteiger partial charge in [-0.15, -0.1) is 0 Å². The van der Waals surface area contributed by atoms with Crippen molar-refractivity contribution in [2.45, 2.75) is 25.7 Å². The van der Waals surface area contributed by atoms with E-state index in [-0.39, 0.29) is 18.4 Å². The number of nitrogens with one attached hydrogen (secondary N) is 1. The van der Waals surface area contributed by atoms with Gasteiger partial charge in [0.2, 0.25) is 0 Å². The van der Waals surface area contributed by atoms with Crippen LogP contribution in [0.25, 0.3) is 0 Å². The van der Waals surface area contributed by atoms with Gasteiger partial charge in [-0.05, 0) is 18.8 Å². The van der Waals surface area contributed by atoms with Crippen molar-refractivity contribution in [1.29, 1.82) is 0 Å². The molecule has 0 radical (unpaired) electrons. The van der Waals surface area contributed by atoms with Gasteiger partial charge in [0.05, 0.1) is 5.92 Å². The number of carboxylic acid groups (broad SMARTS) is 1. The summed E-state index contributed by atoms with van der Waals surface area (Å²) in [4.78, 5) is 22.2. The second-order valence-corrected chi connectivity index (χ2v) is 4.26. The van der Waals surface area contributed by atoms with E-state index < -0.39 is 12.1 Å². The van der Waals surface area contributed by atoms with E-state index in [1.54, 1.807) is 0 Å². The number of amides is 1. The monoisotopic (exact) mass is 241 g/mol. The summed E-state index contributed by atoms with van der Waals surface area (Å²) in [5.74, 6) is -1.10. The van der Waals surface area contributed by atoms with Gasteiger partial charge >= 0.3 is 12.1 Å². The molecule has 0 aliphatic heterocycles. The first-order valence-electron chi connectivity index (χ1n) is 5.89. The van der Waals surface area contributed by atoms with E-state index in [0.717, 1.165) is 19.3 Å². The lowest BCUT2D eigenvalue weighted by Crippen LogP contribution is -2.37. The minimum atomic E-state index is -0.768. The summed E-state index contributed by atoms with van der Waals surface area (Å²) in [7, 11) is 0.